The van der Waals surface area contributed by atoms with E-state index >= 15 is 0 Å². The van der Waals surface area contributed by atoms with Crippen molar-refractivity contribution in [3.63, 3.8) is 0 Å². The van der Waals surface area contributed by atoms with Crippen molar-refractivity contribution < 1.29 is 28.9 Å². The summed E-state index contributed by atoms with van der Waals surface area (Å²) < 4.78 is 17.1. The van der Waals surface area contributed by atoms with Crippen LogP contribution in [0.25, 0.3) is 0 Å². The molecule has 3 aliphatic rings. The molecule has 0 bridgehead atoms. The fourth-order valence-corrected chi connectivity index (χ4v) is 4.04. The molecule has 9 heteroatoms. The van der Waals surface area contributed by atoms with Gasteiger partial charge in [-0.2, -0.15) is 0 Å². The molecule has 3 atom stereocenters. The number of carbonyl (C=O) groups excluding carboxylic acids is 1. The van der Waals surface area contributed by atoms with Crippen molar-refractivity contribution in [3.05, 3.63) is 24.3 Å². The van der Waals surface area contributed by atoms with E-state index in [1.165, 1.54) is 0 Å². The molecule has 0 spiro atoms. The van der Waals surface area contributed by atoms with Gasteiger partial charge in [0.2, 0.25) is 0 Å². The number of nitrogens with one attached hydrogen (secondary N) is 1. The Bertz CT molecular complexity index is 729. The SMILES string of the molecule is O=C(O)NCC1CN(C2CCCN(CC3COc4ccccc4O3)C2)C(=O)O1. The predicted octanol–water partition coefficient (Wildman–Crippen LogP) is 1.38. The monoisotopic (exact) mass is 391 g/mol. The summed E-state index contributed by atoms with van der Waals surface area (Å²) in [4.78, 5) is 26.9. The van der Waals surface area contributed by atoms with Crippen LogP contribution in [0.3, 0.4) is 0 Å². The average molecular weight is 391 g/mol. The summed E-state index contributed by atoms with van der Waals surface area (Å²) in [5.74, 6) is 1.54. The Morgan fingerprint density at radius 2 is 2.00 bits per heavy atom. The van der Waals surface area contributed by atoms with Gasteiger partial charge < -0.3 is 29.5 Å². The minimum absolute atomic E-state index is 0.0494. The molecule has 1 aromatic carbocycles. The molecule has 1 aromatic rings. The molecule has 28 heavy (non-hydrogen) atoms. The van der Waals surface area contributed by atoms with E-state index in [4.69, 9.17) is 19.3 Å². The van der Waals surface area contributed by atoms with Gasteiger partial charge in [0.15, 0.2) is 11.5 Å². The zero-order valence-electron chi connectivity index (χ0n) is 15.6. The van der Waals surface area contributed by atoms with Gasteiger partial charge in [-0.15, -0.1) is 0 Å². The van der Waals surface area contributed by atoms with Crippen molar-refractivity contribution in [1.82, 2.24) is 15.1 Å². The number of cyclic esters (lactones) is 1. The van der Waals surface area contributed by atoms with Gasteiger partial charge >= 0.3 is 12.2 Å². The zero-order chi connectivity index (χ0) is 19.5. The Labute approximate surface area is 163 Å². The number of rotatable bonds is 5. The second kappa shape index (κ2) is 8.14. The van der Waals surface area contributed by atoms with E-state index in [1.54, 1.807) is 4.90 Å². The standard InChI is InChI=1S/C19H25N3O6/c23-18(24)20-8-14-11-22(19(25)28-14)13-4-3-7-21(9-13)10-15-12-26-16-5-1-2-6-17(16)27-15/h1-2,5-6,13-15,20H,3-4,7-12H2,(H,23,24). The molecular weight excluding hydrogens is 366 g/mol. The molecule has 2 N–H and O–H groups in total. The maximum Gasteiger partial charge on any atom is 0.410 e. The van der Waals surface area contributed by atoms with Crippen molar-refractivity contribution in [2.75, 3.05) is 39.3 Å². The number of hydrogen-bond acceptors (Lipinski definition) is 6. The van der Waals surface area contributed by atoms with Crippen molar-refractivity contribution in [2.24, 2.45) is 0 Å². The molecule has 3 unspecified atom stereocenters. The molecule has 4 rings (SSSR count). The van der Waals surface area contributed by atoms with Crippen LogP contribution in [0.4, 0.5) is 9.59 Å². The third-order valence-corrected chi connectivity index (χ3v) is 5.33. The minimum atomic E-state index is -1.12. The number of carboxylic acid groups (broad SMARTS) is 1. The summed E-state index contributed by atoms with van der Waals surface area (Å²) in [5.41, 5.74) is 0. The second-order valence-corrected chi connectivity index (χ2v) is 7.40. The number of ether oxygens (including phenoxy) is 3. The van der Waals surface area contributed by atoms with E-state index in [2.05, 4.69) is 10.2 Å². The summed E-state index contributed by atoms with van der Waals surface area (Å²) >= 11 is 0. The van der Waals surface area contributed by atoms with Crippen LogP contribution < -0.4 is 14.8 Å². The largest absolute Gasteiger partial charge is 0.486 e. The van der Waals surface area contributed by atoms with Gasteiger partial charge in [-0.05, 0) is 31.5 Å². The van der Waals surface area contributed by atoms with Gasteiger partial charge in [0.1, 0.15) is 18.8 Å². The summed E-state index contributed by atoms with van der Waals surface area (Å²) in [7, 11) is 0. The molecule has 3 heterocycles. The van der Waals surface area contributed by atoms with E-state index in [1.807, 2.05) is 24.3 Å². The van der Waals surface area contributed by atoms with Crippen LogP contribution in [0, 0.1) is 0 Å². The molecule has 0 saturated carbocycles. The van der Waals surface area contributed by atoms with Crippen LogP contribution in [0.2, 0.25) is 0 Å². The van der Waals surface area contributed by atoms with E-state index in [9.17, 15) is 9.59 Å². The van der Waals surface area contributed by atoms with Crippen LogP contribution in [-0.2, 0) is 4.74 Å². The number of likely N-dealkylation sites (tertiary alicyclic amines) is 1. The molecule has 2 fully saturated rings. The summed E-state index contributed by atoms with van der Waals surface area (Å²) in [6.45, 7) is 3.46. The summed E-state index contributed by atoms with van der Waals surface area (Å²) in [6.07, 6.45) is -0.0753. The number of amides is 2. The fraction of sp³-hybridized carbons (Fsp3) is 0.579. The first-order chi connectivity index (χ1) is 13.6. The highest BCUT2D eigenvalue weighted by Crippen LogP contribution is 2.31. The van der Waals surface area contributed by atoms with Gasteiger partial charge in [0.05, 0.1) is 13.1 Å². The topological polar surface area (TPSA) is 101 Å². The number of para-hydroxylation sites is 2. The number of nitrogens with zero attached hydrogens (tertiary/aromatic N) is 2. The van der Waals surface area contributed by atoms with Gasteiger partial charge in [-0.1, -0.05) is 12.1 Å². The molecular formula is C19H25N3O6. The Hall–Kier alpha value is -2.68. The highest BCUT2D eigenvalue weighted by Gasteiger charge is 2.38. The number of hydrogen-bond donors (Lipinski definition) is 2. The second-order valence-electron chi connectivity index (χ2n) is 7.40. The van der Waals surface area contributed by atoms with Gasteiger partial charge in [-0.25, -0.2) is 9.59 Å². The van der Waals surface area contributed by atoms with Crippen molar-refractivity contribution in [2.45, 2.75) is 31.1 Å². The van der Waals surface area contributed by atoms with Crippen LogP contribution in [-0.4, -0.2) is 84.7 Å². The average Bonchev–Trinajstić information content (AvgIpc) is 3.07. The summed E-state index contributed by atoms with van der Waals surface area (Å²) in [6, 6.07) is 7.72. The summed E-state index contributed by atoms with van der Waals surface area (Å²) in [5, 5.41) is 11.0. The first-order valence-electron chi connectivity index (χ1n) is 9.63. The van der Waals surface area contributed by atoms with Crippen LogP contribution >= 0.6 is 0 Å². The fourth-order valence-electron chi connectivity index (χ4n) is 4.04. The third-order valence-electron chi connectivity index (χ3n) is 5.33. The Balaban J connectivity index is 1.30. The molecule has 0 aromatic heterocycles. The van der Waals surface area contributed by atoms with Gasteiger partial charge in [0, 0.05) is 19.1 Å². The van der Waals surface area contributed by atoms with Crippen molar-refractivity contribution >= 4 is 12.2 Å². The van der Waals surface area contributed by atoms with E-state index < -0.39 is 12.2 Å². The highest BCUT2D eigenvalue weighted by molar-refractivity contribution is 5.70. The Kier molecular flexibility index (Phi) is 5.43. The van der Waals surface area contributed by atoms with Gasteiger partial charge in [0.25, 0.3) is 0 Å². The van der Waals surface area contributed by atoms with E-state index in [0.717, 1.165) is 44.0 Å². The molecule has 2 amide bonds. The van der Waals surface area contributed by atoms with E-state index in [0.29, 0.717) is 13.2 Å². The van der Waals surface area contributed by atoms with Crippen LogP contribution in [0.1, 0.15) is 12.8 Å². The molecule has 152 valence electrons. The van der Waals surface area contributed by atoms with Gasteiger partial charge in [-0.3, -0.25) is 4.90 Å². The first kappa shape index (κ1) is 18.7. The minimum Gasteiger partial charge on any atom is -0.486 e. The quantitative estimate of drug-likeness (QED) is 0.782. The van der Waals surface area contributed by atoms with Crippen molar-refractivity contribution in [3.8, 4) is 11.5 Å². The molecule has 2 saturated heterocycles. The lowest BCUT2D eigenvalue weighted by atomic mass is 10.0. The smallest absolute Gasteiger partial charge is 0.410 e. The lowest BCUT2D eigenvalue weighted by molar-refractivity contribution is 0.0394. The molecule has 0 aliphatic carbocycles. The molecule has 3 aliphatic heterocycles. The molecule has 9 nitrogen and oxygen atoms in total. The number of fused-ring (bicyclic) bond motifs is 1. The maximum absolute atomic E-state index is 12.2. The van der Waals surface area contributed by atoms with Crippen molar-refractivity contribution in [1.29, 1.82) is 0 Å². The normalized spacial score (nSPS) is 27.4. The number of piperidine rings is 1. The van der Waals surface area contributed by atoms with E-state index in [-0.39, 0.29) is 24.8 Å². The predicted molar refractivity (Wildman–Crippen MR) is 98.8 cm³/mol. The Morgan fingerprint density at radius 1 is 1.18 bits per heavy atom. The highest BCUT2D eigenvalue weighted by atomic mass is 16.6. The van der Waals surface area contributed by atoms with Crippen LogP contribution in [0.15, 0.2) is 24.3 Å². The lowest BCUT2D eigenvalue weighted by Gasteiger charge is -2.38. The number of benzene rings is 1. The number of carbonyl (C=O) groups is 2. The lowest BCUT2D eigenvalue weighted by Crippen LogP contribution is -2.51. The molecule has 0 radical (unpaired) electrons. The first-order valence-corrected chi connectivity index (χ1v) is 9.63. The van der Waals surface area contributed by atoms with Crippen LogP contribution in [0.5, 0.6) is 11.5 Å². The maximum atomic E-state index is 12.2. The zero-order valence-corrected chi connectivity index (χ0v) is 15.6. The third kappa shape index (κ3) is 4.24. The Morgan fingerprint density at radius 3 is 2.82 bits per heavy atom.